The van der Waals surface area contributed by atoms with Crippen LogP contribution < -0.4 is 5.32 Å². The summed E-state index contributed by atoms with van der Waals surface area (Å²) < 4.78 is 18.5. The van der Waals surface area contributed by atoms with Gasteiger partial charge in [-0.2, -0.15) is 0 Å². The maximum absolute atomic E-state index is 13.2. The second kappa shape index (κ2) is 10.4. The Morgan fingerprint density at radius 2 is 1.81 bits per heavy atom. The largest absolute Gasteiger partial charge is 0.467 e. The van der Waals surface area contributed by atoms with Gasteiger partial charge in [-0.1, -0.05) is 19.1 Å². The molecule has 0 spiro atoms. The number of nitrogens with zero attached hydrogens (tertiary/aromatic N) is 2. The second-order valence-corrected chi connectivity index (χ2v) is 6.21. The highest BCUT2D eigenvalue weighted by Crippen LogP contribution is 2.12. The Labute approximate surface area is 158 Å². The highest BCUT2D eigenvalue weighted by atomic mass is 19.1. The van der Waals surface area contributed by atoms with Crippen LogP contribution in [0.3, 0.4) is 0 Å². The van der Waals surface area contributed by atoms with E-state index in [-0.39, 0.29) is 30.8 Å². The molecule has 0 aliphatic heterocycles. The zero-order valence-electron chi connectivity index (χ0n) is 15.8. The first-order chi connectivity index (χ1) is 13.0. The van der Waals surface area contributed by atoms with Gasteiger partial charge < -0.3 is 19.5 Å². The first kappa shape index (κ1) is 20.5. The molecule has 0 saturated heterocycles. The summed E-state index contributed by atoms with van der Waals surface area (Å²) in [6, 6.07) is 9.31. The topological polar surface area (TPSA) is 65.8 Å². The van der Waals surface area contributed by atoms with Crippen LogP contribution in [0.25, 0.3) is 0 Å². The molecule has 2 rings (SSSR count). The molecule has 146 valence electrons. The van der Waals surface area contributed by atoms with E-state index in [1.165, 1.54) is 17.0 Å². The van der Waals surface area contributed by atoms with Crippen molar-refractivity contribution in [2.75, 3.05) is 19.6 Å². The molecule has 1 N–H and O–H groups in total. The molecule has 0 bridgehead atoms. The first-order valence-corrected chi connectivity index (χ1v) is 9.10. The Bertz CT molecular complexity index is 717. The Kier molecular flexibility index (Phi) is 7.85. The molecule has 0 fully saturated rings. The third-order valence-electron chi connectivity index (χ3n) is 4.00. The molecule has 0 unspecified atom stereocenters. The predicted octanol–water partition coefficient (Wildman–Crippen LogP) is 3.39. The van der Waals surface area contributed by atoms with Crippen molar-refractivity contribution in [1.82, 2.24) is 15.1 Å². The molecular weight excluding hydrogens is 349 g/mol. The van der Waals surface area contributed by atoms with E-state index < -0.39 is 0 Å². The predicted molar refractivity (Wildman–Crippen MR) is 100 cm³/mol. The second-order valence-electron chi connectivity index (χ2n) is 6.21. The minimum absolute atomic E-state index is 0.0262. The number of nitrogens with one attached hydrogen (secondary N) is 1. The van der Waals surface area contributed by atoms with E-state index in [4.69, 9.17) is 4.42 Å². The van der Waals surface area contributed by atoms with E-state index in [0.717, 1.165) is 12.0 Å². The lowest BCUT2D eigenvalue weighted by molar-refractivity contribution is -0.133. The van der Waals surface area contributed by atoms with Gasteiger partial charge in [0.15, 0.2) is 0 Å². The summed E-state index contributed by atoms with van der Waals surface area (Å²) in [7, 11) is 0. The highest BCUT2D eigenvalue weighted by molar-refractivity contribution is 5.84. The molecule has 1 aromatic carbocycles. The molecule has 0 atom stereocenters. The van der Waals surface area contributed by atoms with Crippen molar-refractivity contribution < 1.29 is 18.4 Å². The smallest absolute Gasteiger partial charge is 0.317 e. The zero-order chi connectivity index (χ0) is 19.6. The average Bonchev–Trinajstić information content (AvgIpc) is 3.16. The van der Waals surface area contributed by atoms with Crippen molar-refractivity contribution in [2.45, 2.75) is 33.4 Å². The number of halogens is 1. The van der Waals surface area contributed by atoms with Crippen molar-refractivity contribution in [1.29, 1.82) is 0 Å². The van der Waals surface area contributed by atoms with Crippen LogP contribution >= 0.6 is 0 Å². The van der Waals surface area contributed by atoms with Crippen LogP contribution in [-0.4, -0.2) is 41.4 Å². The van der Waals surface area contributed by atoms with Crippen LogP contribution in [-0.2, 0) is 17.9 Å². The number of amides is 3. The van der Waals surface area contributed by atoms with E-state index in [1.807, 2.05) is 13.8 Å². The third kappa shape index (κ3) is 6.44. The van der Waals surface area contributed by atoms with Crippen molar-refractivity contribution in [2.24, 2.45) is 0 Å². The Morgan fingerprint density at radius 3 is 2.41 bits per heavy atom. The van der Waals surface area contributed by atoms with Crippen LogP contribution in [0.1, 0.15) is 31.6 Å². The van der Waals surface area contributed by atoms with Crippen LogP contribution in [0.5, 0.6) is 0 Å². The molecule has 2 aromatic rings. The molecule has 0 saturated carbocycles. The number of hydrogen-bond donors (Lipinski definition) is 1. The summed E-state index contributed by atoms with van der Waals surface area (Å²) in [5, 5.41) is 2.73. The van der Waals surface area contributed by atoms with Gasteiger partial charge in [0.25, 0.3) is 0 Å². The maximum Gasteiger partial charge on any atom is 0.317 e. The average molecular weight is 375 g/mol. The fourth-order valence-corrected chi connectivity index (χ4v) is 2.68. The van der Waals surface area contributed by atoms with Gasteiger partial charge in [-0.25, -0.2) is 9.18 Å². The van der Waals surface area contributed by atoms with Crippen molar-refractivity contribution in [3.8, 4) is 0 Å². The minimum atomic E-state index is -0.326. The lowest BCUT2D eigenvalue weighted by Crippen LogP contribution is -2.46. The zero-order valence-corrected chi connectivity index (χ0v) is 15.8. The van der Waals surface area contributed by atoms with E-state index in [9.17, 15) is 14.0 Å². The van der Waals surface area contributed by atoms with E-state index in [2.05, 4.69) is 5.32 Å². The number of furan rings is 1. The Hall–Kier alpha value is -2.83. The fraction of sp³-hybridized carbons (Fsp3) is 0.400. The van der Waals surface area contributed by atoms with Gasteiger partial charge in [0.1, 0.15) is 18.1 Å². The minimum Gasteiger partial charge on any atom is -0.467 e. The summed E-state index contributed by atoms with van der Waals surface area (Å²) in [6.07, 6.45) is 2.30. The van der Waals surface area contributed by atoms with Crippen molar-refractivity contribution >= 4 is 11.9 Å². The highest BCUT2D eigenvalue weighted by Gasteiger charge is 2.21. The number of carbonyl (C=O) groups excluding carboxylic acids is 2. The monoisotopic (exact) mass is 375 g/mol. The standard InChI is InChI=1S/C20H26FN3O3/c1-3-11-23(20(26)22-4-2)15-19(25)24(14-18-6-5-12-27-18)13-16-7-9-17(21)10-8-16/h5-10,12H,3-4,11,13-15H2,1-2H3,(H,22,26). The molecule has 7 heteroatoms. The third-order valence-corrected chi connectivity index (χ3v) is 4.00. The molecule has 6 nitrogen and oxygen atoms in total. The van der Waals surface area contributed by atoms with Crippen molar-refractivity contribution in [3.63, 3.8) is 0 Å². The van der Waals surface area contributed by atoms with Crippen molar-refractivity contribution in [3.05, 3.63) is 59.8 Å². The van der Waals surface area contributed by atoms with Gasteiger partial charge in [0.05, 0.1) is 12.8 Å². The normalized spacial score (nSPS) is 10.5. The summed E-state index contributed by atoms with van der Waals surface area (Å²) in [5.74, 6) is 0.119. The van der Waals surface area contributed by atoms with E-state index in [0.29, 0.717) is 25.4 Å². The number of urea groups is 1. The van der Waals surface area contributed by atoms with Crippen LogP contribution in [0, 0.1) is 5.82 Å². The molecule has 1 heterocycles. The number of hydrogen-bond acceptors (Lipinski definition) is 3. The number of carbonyl (C=O) groups is 2. The lowest BCUT2D eigenvalue weighted by Gasteiger charge is -2.27. The molecule has 0 aliphatic rings. The van der Waals surface area contributed by atoms with Crippen LogP contribution in [0.4, 0.5) is 9.18 Å². The molecule has 1 aromatic heterocycles. The number of rotatable bonds is 9. The van der Waals surface area contributed by atoms with Gasteiger partial charge in [0.2, 0.25) is 5.91 Å². The Balaban J connectivity index is 2.13. The van der Waals surface area contributed by atoms with Gasteiger partial charge in [-0.3, -0.25) is 4.79 Å². The summed E-state index contributed by atoms with van der Waals surface area (Å²) in [4.78, 5) is 28.2. The van der Waals surface area contributed by atoms with Gasteiger partial charge in [-0.15, -0.1) is 0 Å². The maximum atomic E-state index is 13.2. The molecule has 0 aliphatic carbocycles. The van der Waals surface area contributed by atoms with E-state index in [1.54, 1.807) is 35.4 Å². The molecular formula is C20H26FN3O3. The molecule has 3 amide bonds. The number of benzene rings is 1. The summed E-state index contributed by atoms with van der Waals surface area (Å²) in [5.41, 5.74) is 0.802. The first-order valence-electron chi connectivity index (χ1n) is 9.10. The lowest BCUT2D eigenvalue weighted by atomic mass is 10.2. The van der Waals surface area contributed by atoms with E-state index >= 15 is 0 Å². The Morgan fingerprint density at radius 1 is 1.07 bits per heavy atom. The quantitative estimate of drug-likeness (QED) is 0.731. The molecule has 0 radical (unpaired) electrons. The van der Waals surface area contributed by atoms with Crippen LogP contribution in [0.15, 0.2) is 47.1 Å². The van der Waals surface area contributed by atoms with Gasteiger partial charge >= 0.3 is 6.03 Å². The fourth-order valence-electron chi connectivity index (χ4n) is 2.68. The van der Waals surface area contributed by atoms with Gasteiger partial charge in [-0.05, 0) is 43.2 Å². The summed E-state index contributed by atoms with van der Waals surface area (Å²) in [6.45, 7) is 5.33. The summed E-state index contributed by atoms with van der Waals surface area (Å²) >= 11 is 0. The van der Waals surface area contributed by atoms with Gasteiger partial charge in [0, 0.05) is 19.6 Å². The molecule has 27 heavy (non-hydrogen) atoms. The SMILES string of the molecule is CCCN(CC(=O)N(Cc1ccc(F)cc1)Cc1ccco1)C(=O)NCC. The van der Waals surface area contributed by atoms with Crippen LogP contribution in [0.2, 0.25) is 0 Å².